The summed E-state index contributed by atoms with van der Waals surface area (Å²) in [6.07, 6.45) is 10.1. The number of rotatable bonds is 8. The molecule has 2 heteroatoms. The lowest BCUT2D eigenvalue weighted by atomic mass is 10.2. The van der Waals surface area contributed by atoms with E-state index in [4.69, 9.17) is 9.47 Å². The second-order valence-electron chi connectivity index (χ2n) is 5.90. The molecular formula is C24H28O2. The fourth-order valence-corrected chi connectivity index (χ4v) is 1.85. The molecule has 0 bridgehead atoms. The van der Waals surface area contributed by atoms with E-state index in [0.29, 0.717) is 6.42 Å². The smallest absolute Gasteiger partial charge is 0.156 e. The van der Waals surface area contributed by atoms with Crippen molar-refractivity contribution in [2.45, 2.75) is 40.2 Å². The molecule has 0 aliphatic heterocycles. The van der Waals surface area contributed by atoms with Crippen LogP contribution >= 0.6 is 0 Å². The van der Waals surface area contributed by atoms with Gasteiger partial charge in [0.2, 0.25) is 0 Å². The molecule has 0 aliphatic carbocycles. The Bertz CT molecular complexity index is 750. The highest BCUT2D eigenvalue weighted by molar-refractivity contribution is 5.33. The summed E-state index contributed by atoms with van der Waals surface area (Å²) in [6.45, 7) is 15.3. The first-order valence-corrected chi connectivity index (χ1v) is 8.64. The van der Waals surface area contributed by atoms with Gasteiger partial charge < -0.3 is 9.47 Å². The van der Waals surface area contributed by atoms with Crippen LogP contribution < -0.4 is 9.47 Å². The van der Waals surface area contributed by atoms with Gasteiger partial charge in [-0.15, -0.1) is 0 Å². The van der Waals surface area contributed by atoms with E-state index >= 15 is 0 Å². The maximum atomic E-state index is 5.80. The monoisotopic (exact) mass is 348 g/mol. The first-order chi connectivity index (χ1) is 12.4. The Balaban J connectivity index is 2.58. The fraction of sp³-hybridized carbons (Fsp3) is 0.250. The maximum absolute atomic E-state index is 5.80. The van der Waals surface area contributed by atoms with Crippen LogP contribution in [0.2, 0.25) is 0 Å². The van der Waals surface area contributed by atoms with Crippen molar-refractivity contribution in [1.29, 1.82) is 0 Å². The van der Waals surface area contributed by atoms with Gasteiger partial charge in [0.05, 0.1) is 0 Å². The van der Waals surface area contributed by atoms with Crippen molar-refractivity contribution in [2.75, 3.05) is 0 Å². The summed E-state index contributed by atoms with van der Waals surface area (Å²) in [6, 6.07) is 7.53. The number of hydrogen-bond donors (Lipinski definition) is 0. The summed E-state index contributed by atoms with van der Waals surface area (Å²) in [7, 11) is 0. The summed E-state index contributed by atoms with van der Waals surface area (Å²) in [5, 5.41) is 0. The van der Waals surface area contributed by atoms with Gasteiger partial charge in [0.1, 0.15) is 17.3 Å². The molecule has 1 atom stereocenters. The third-order valence-corrected chi connectivity index (χ3v) is 3.47. The van der Waals surface area contributed by atoms with Gasteiger partial charge in [0, 0.05) is 6.42 Å². The normalized spacial score (nSPS) is 13.3. The molecule has 0 heterocycles. The lowest BCUT2D eigenvalue weighted by molar-refractivity contribution is 0.278. The highest BCUT2D eigenvalue weighted by Crippen LogP contribution is 2.20. The molecule has 0 spiro atoms. The molecule has 1 rings (SSSR count). The lowest BCUT2D eigenvalue weighted by Crippen LogP contribution is -2.08. The van der Waals surface area contributed by atoms with E-state index in [1.165, 1.54) is 0 Å². The van der Waals surface area contributed by atoms with E-state index in [-0.39, 0.29) is 6.10 Å². The van der Waals surface area contributed by atoms with Crippen molar-refractivity contribution >= 4 is 0 Å². The van der Waals surface area contributed by atoms with Crippen LogP contribution in [0.4, 0.5) is 0 Å². The SMILES string of the molecule is C=C/C(C)=C\C=C(/C)Oc1ccc(OC(C)C#CC/C=C(/C)C=C)cc1. The van der Waals surface area contributed by atoms with Gasteiger partial charge in [0.25, 0.3) is 0 Å². The first-order valence-electron chi connectivity index (χ1n) is 8.64. The number of ether oxygens (including phenoxy) is 2. The van der Waals surface area contributed by atoms with Crippen LogP contribution in [0.3, 0.4) is 0 Å². The van der Waals surface area contributed by atoms with Crippen molar-refractivity contribution in [3.05, 3.63) is 84.7 Å². The standard InChI is InChI=1S/C24H28O2/c1-7-19(3)11-9-10-12-21(5)25-23-15-17-24(18-16-23)26-22(6)14-13-20(4)8-2/h7-8,11,13-18,21H,1-2,9H2,3-6H3/b19-11-,20-13-,22-14+. The Hall–Kier alpha value is -2.92. The zero-order valence-electron chi connectivity index (χ0n) is 16.2. The zero-order chi connectivity index (χ0) is 19.4. The highest BCUT2D eigenvalue weighted by atomic mass is 16.5. The van der Waals surface area contributed by atoms with Crippen molar-refractivity contribution in [3.8, 4) is 23.3 Å². The van der Waals surface area contributed by atoms with Gasteiger partial charge in [-0.1, -0.05) is 60.4 Å². The molecule has 0 radical (unpaired) electrons. The molecule has 0 aromatic heterocycles. The van der Waals surface area contributed by atoms with Crippen molar-refractivity contribution in [2.24, 2.45) is 0 Å². The van der Waals surface area contributed by atoms with Crippen molar-refractivity contribution in [3.63, 3.8) is 0 Å². The van der Waals surface area contributed by atoms with Crippen LogP contribution in [0.25, 0.3) is 0 Å². The molecule has 2 nitrogen and oxygen atoms in total. The van der Waals surface area contributed by atoms with Gasteiger partial charge >= 0.3 is 0 Å². The molecule has 26 heavy (non-hydrogen) atoms. The van der Waals surface area contributed by atoms with Gasteiger partial charge in [0.15, 0.2) is 6.10 Å². The second kappa shape index (κ2) is 11.6. The summed E-state index contributed by atoms with van der Waals surface area (Å²) < 4.78 is 11.6. The van der Waals surface area contributed by atoms with Crippen molar-refractivity contribution in [1.82, 2.24) is 0 Å². The predicted molar refractivity (Wildman–Crippen MR) is 111 cm³/mol. The highest BCUT2D eigenvalue weighted by Gasteiger charge is 2.01. The average Bonchev–Trinajstić information content (AvgIpc) is 2.64. The minimum absolute atomic E-state index is 0.173. The van der Waals surface area contributed by atoms with E-state index < -0.39 is 0 Å². The van der Waals surface area contributed by atoms with Gasteiger partial charge in [-0.3, -0.25) is 0 Å². The quantitative estimate of drug-likeness (QED) is 0.308. The fourth-order valence-electron chi connectivity index (χ4n) is 1.85. The Labute approximate surface area is 158 Å². The molecule has 0 saturated carbocycles. The van der Waals surface area contributed by atoms with E-state index in [2.05, 4.69) is 25.0 Å². The molecule has 1 aromatic rings. The van der Waals surface area contributed by atoms with Gasteiger partial charge in [-0.2, -0.15) is 0 Å². The second-order valence-corrected chi connectivity index (χ2v) is 5.90. The Kier molecular flexibility index (Phi) is 9.43. The Morgan fingerprint density at radius 1 is 1.00 bits per heavy atom. The summed E-state index contributed by atoms with van der Waals surface area (Å²) in [4.78, 5) is 0. The van der Waals surface area contributed by atoms with Gasteiger partial charge in [-0.25, -0.2) is 0 Å². The third kappa shape index (κ3) is 8.80. The Morgan fingerprint density at radius 2 is 1.62 bits per heavy atom. The van der Waals surface area contributed by atoms with Crippen molar-refractivity contribution < 1.29 is 9.47 Å². The molecule has 0 N–H and O–H groups in total. The topological polar surface area (TPSA) is 18.5 Å². The van der Waals surface area contributed by atoms with Crippen LogP contribution in [0.5, 0.6) is 11.5 Å². The maximum Gasteiger partial charge on any atom is 0.156 e. The molecule has 0 aliphatic rings. The largest absolute Gasteiger partial charge is 0.478 e. The minimum Gasteiger partial charge on any atom is -0.478 e. The third-order valence-electron chi connectivity index (χ3n) is 3.47. The molecule has 0 amide bonds. The number of hydrogen-bond acceptors (Lipinski definition) is 2. The van der Waals surface area contributed by atoms with Crippen LogP contribution in [0.15, 0.2) is 84.7 Å². The van der Waals surface area contributed by atoms with Crippen LogP contribution in [0.1, 0.15) is 34.1 Å². The number of benzene rings is 1. The number of allylic oxidation sites excluding steroid dienone is 8. The van der Waals surface area contributed by atoms with Crippen LogP contribution in [0, 0.1) is 11.8 Å². The van der Waals surface area contributed by atoms with Crippen LogP contribution in [-0.2, 0) is 0 Å². The first kappa shape index (κ1) is 21.1. The van der Waals surface area contributed by atoms with E-state index in [1.54, 1.807) is 6.08 Å². The summed E-state index contributed by atoms with van der Waals surface area (Å²) in [5.41, 5.74) is 2.21. The van der Waals surface area contributed by atoms with E-state index in [9.17, 15) is 0 Å². The summed E-state index contributed by atoms with van der Waals surface area (Å²) in [5.74, 6) is 8.51. The predicted octanol–water partition coefficient (Wildman–Crippen LogP) is 6.39. The zero-order valence-corrected chi connectivity index (χ0v) is 16.2. The summed E-state index contributed by atoms with van der Waals surface area (Å²) >= 11 is 0. The molecule has 1 aromatic carbocycles. The van der Waals surface area contributed by atoms with Gasteiger partial charge in [-0.05, 0) is 58.0 Å². The molecule has 0 saturated heterocycles. The van der Waals surface area contributed by atoms with E-state index in [1.807, 2.05) is 76.3 Å². The molecular weight excluding hydrogens is 320 g/mol. The average molecular weight is 348 g/mol. The molecule has 136 valence electrons. The lowest BCUT2D eigenvalue weighted by Gasteiger charge is -2.10. The van der Waals surface area contributed by atoms with E-state index in [0.717, 1.165) is 28.4 Å². The molecule has 1 unspecified atom stereocenters. The molecule has 0 fully saturated rings. The Morgan fingerprint density at radius 3 is 2.23 bits per heavy atom. The van der Waals surface area contributed by atoms with Crippen LogP contribution in [-0.4, -0.2) is 6.10 Å². The minimum atomic E-state index is -0.173.